The van der Waals surface area contributed by atoms with Crippen LogP contribution < -0.4 is 10.6 Å². The van der Waals surface area contributed by atoms with E-state index in [9.17, 15) is 9.59 Å². The minimum atomic E-state index is -0.322. The van der Waals surface area contributed by atoms with Crippen molar-refractivity contribution in [1.82, 2.24) is 20.7 Å². The highest BCUT2D eigenvalue weighted by Crippen LogP contribution is 2.36. The Labute approximate surface area is 156 Å². The highest BCUT2D eigenvalue weighted by Gasteiger charge is 2.30. The van der Waals surface area contributed by atoms with E-state index in [1.807, 2.05) is 6.07 Å². The number of carbonyl (C=O) groups is 2. The zero-order chi connectivity index (χ0) is 18.6. The van der Waals surface area contributed by atoms with Gasteiger partial charge in [0.2, 0.25) is 5.91 Å². The molecule has 0 spiro atoms. The molecule has 0 saturated heterocycles. The van der Waals surface area contributed by atoms with Gasteiger partial charge in [-0.25, -0.2) is 4.79 Å². The molecule has 0 radical (unpaired) electrons. The van der Waals surface area contributed by atoms with Gasteiger partial charge >= 0.3 is 6.09 Å². The molecule has 2 aliphatic rings. The number of rotatable bonds is 7. The molecule has 0 bridgehead atoms. The predicted molar refractivity (Wildman–Crippen MR) is 95.0 cm³/mol. The van der Waals surface area contributed by atoms with Crippen molar-refractivity contribution in [1.29, 1.82) is 0 Å². The Morgan fingerprint density at radius 3 is 2.96 bits per heavy atom. The summed E-state index contributed by atoms with van der Waals surface area (Å²) in [6.45, 7) is 0.715. The monoisotopic (exact) mass is 373 g/mol. The van der Waals surface area contributed by atoms with Crippen LogP contribution in [0.25, 0.3) is 0 Å². The van der Waals surface area contributed by atoms with Gasteiger partial charge in [0.15, 0.2) is 5.82 Å². The number of nitrogens with zero attached hydrogens (tertiary/aromatic N) is 2. The Hall–Kier alpha value is -2.84. The number of alkyl carbamates (subject to hydrolysis) is 1. The fourth-order valence-electron chi connectivity index (χ4n) is 3.36. The summed E-state index contributed by atoms with van der Waals surface area (Å²) < 4.78 is 10.4. The van der Waals surface area contributed by atoms with Gasteiger partial charge in [0, 0.05) is 30.3 Å². The van der Waals surface area contributed by atoms with Crippen molar-refractivity contribution in [2.45, 2.75) is 50.5 Å². The van der Waals surface area contributed by atoms with Gasteiger partial charge in [-0.1, -0.05) is 5.16 Å². The molecular formula is C18H23N5O4. The number of aromatic amines is 1. The Kier molecular flexibility index (Phi) is 5.08. The lowest BCUT2D eigenvalue weighted by Crippen LogP contribution is -2.29. The summed E-state index contributed by atoms with van der Waals surface area (Å²) in [7, 11) is 0. The number of aromatic nitrogens is 3. The van der Waals surface area contributed by atoms with Gasteiger partial charge in [-0.3, -0.25) is 9.89 Å². The number of ether oxygens (including phenoxy) is 1. The van der Waals surface area contributed by atoms with Crippen LogP contribution in [-0.4, -0.2) is 40.0 Å². The van der Waals surface area contributed by atoms with Gasteiger partial charge in [0.05, 0.1) is 12.6 Å². The first kappa shape index (κ1) is 17.6. The summed E-state index contributed by atoms with van der Waals surface area (Å²) in [5, 5.41) is 16.3. The molecule has 2 aromatic rings. The van der Waals surface area contributed by atoms with Gasteiger partial charge in [-0.05, 0) is 38.0 Å². The van der Waals surface area contributed by atoms with Gasteiger partial charge < -0.3 is 19.9 Å². The topological polar surface area (TPSA) is 122 Å². The SMILES string of the molecule is O=C(Cc1ccno1)Nc1cc([C@H]2CC[C@@H](OC(=O)NCC3CC3)C2)[nH]n1. The van der Waals surface area contributed by atoms with E-state index in [4.69, 9.17) is 9.26 Å². The molecule has 2 atom stereocenters. The number of amides is 2. The Balaban J connectivity index is 1.23. The number of carbonyl (C=O) groups excluding carboxylic acids is 2. The lowest BCUT2D eigenvalue weighted by Gasteiger charge is -2.13. The second kappa shape index (κ2) is 7.81. The van der Waals surface area contributed by atoms with Crippen molar-refractivity contribution in [3.63, 3.8) is 0 Å². The maximum absolute atomic E-state index is 12.0. The summed E-state index contributed by atoms with van der Waals surface area (Å²) in [5.74, 6) is 1.63. The van der Waals surface area contributed by atoms with Crippen LogP contribution in [0.1, 0.15) is 49.5 Å². The third-order valence-electron chi connectivity index (χ3n) is 5.02. The summed E-state index contributed by atoms with van der Waals surface area (Å²) >= 11 is 0. The third kappa shape index (κ3) is 4.87. The summed E-state index contributed by atoms with van der Waals surface area (Å²) in [5.41, 5.74) is 0.939. The van der Waals surface area contributed by atoms with Gasteiger partial charge in [0.25, 0.3) is 0 Å². The molecule has 0 aliphatic heterocycles. The molecule has 2 aromatic heterocycles. The highest BCUT2D eigenvalue weighted by atomic mass is 16.6. The Morgan fingerprint density at radius 2 is 2.19 bits per heavy atom. The second-order valence-electron chi connectivity index (χ2n) is 7.27. The normalized spacial score (nSPS) is 21.8. The molecule has 27 heavy (non-hydrogen) atoms. The maximum Gasteiger partial charge on any atom is 0.407 e. The minimum Gasteiger partial charge on any atom is -0.446 e. The zero-order valence-corrected chi connectivity index (χ0v) is 14.9. The van der Waals surface area contributed by atoms with E-state index in [0.717, 1.165) is 25.0 Å². The first-order valence-electron chi connectivity index (χ1n) is 9.35. The zero-order valence-electron chi connectivity index (χ0n) is 14.9. The summed E-state index contributed by atoms with van der Waals surface area (Å²) in [4.78, 5) is 23.8. The molecule has 9 heteroatoms. The fourth-order valence-corrected chi connectivity index (χ4v) is 3.36. The molecule has 2 heterocycles. The number of nitrogens with one attached hydrogen (secondary N) is 3. The van der Waals surface area contributed by atoms with Crippen LogP contribution in [0.15, 0.2) is 22.9 Å². The maximum atomic E-state index is 12.0. The lowest BCUT2D eigenvalue weighted by atomic mass is 10.0. The Morgan fingerprint density at radius 1 is 1.30 bits per heavy atom. The van der Waals surface area contributed by atoms with Crippen molar-refractivity contribution >= 4 is 17.8 Å². The van der Waals surface area contributed by atoms with Crippen LogP contribution in [0.5, 0.6) is 0 Å². The smallest absolute Gasteiger partial charge is 0.407 e. The number of H-pyrrole nitrogens is 1. The van der Waals surface area contributed by atoms with Crippen LogP contribution in [0.3, 0.4) is 0 Å². The van der Waals surface area contributed by atoms with Crippen LogP contribution in [0.2, 0.25) is 0 Å². The van der Waals surface area contributed by atoms with E-state index in [1.54, 1.807) is 6.07 Å². The summed E-state index contributed by atoms with van der Waals surface area (Å²) in [6, 6.07) is 3.48. The molecule has 2 aliphatic carbocycles. The number of hydrogen-bond acceptors (Lipinski definition) is 6. The average molecular weight is 373 g/mol. The lowest BCUT2D eigenvalue weighted by molar-refractivity contribution is -0.115. The third-order valence-corrected chi connectivity index (χ3v) is 5.02. The standard InChI is InChI=1S/C18H23N5O4/c24-17(8-14-5-6-20-27-14)21-16-9-15(22-23-16)12-3-4-13(7-12)26-18(25)19-10-11-1-2-11/h5-6,9,11-13H,1-4,7-8,10H2,(H,19,25)(H2,21,22,23,24)/t12-,13+/m0/s1. The van der Waals surface area contributed by atoms with Crippen LogP contribution in [0, 0.1) is 5.92 Å². The van der Waals surface area contributed by atoms with E-state index < -0.39 is 0 Å². The number of anilines is 1. The molecule has 2 fully saturated rings. The van der Waals surface area contributed by atoms with Crippen molar-refractivity contribution in [2.24, 2.45) is 5.92 Å². The highest BCUT2D eigenvalue weighted by molar-refractivity contribution is 5.91. The van der Waals surface area contributed by atoms with Crippen LogP contribution in [-0.2, 0) is 16.0 Å². The van der Waals surface area contributed by atoms with E-state index in [0.29, 0.717) is 24.0 Å². The van der Waals surface area contributed by atoms with E-state index in [2.05, 4.69) is 26.0 Å². The molecule has 4 rings (SSSR count). The van der Waals surface area contributed by atoms with E-state index >= 15 is 0 Å². The average Bonchev–Trinajstić information content (AvgIpc) is 3.04. The first-order chi connectivity index (χ1) is 13.2. The van der Waals surface area contributed by atoms with Crippen LogP contribution in [0.4, 0.5) is 10.6 Å². The summed E-state index contributed by atoms with van der Waals surface area (Å²) in [6.07, 6.45) is 6.09. The van der Waals surface area contributed by atoms with E-state index in [-0.39, 0.29) is 30.4 Å². The largest absolute Gasteiger partial charge is 0.446 e. The molecule has 3 N–H and O–H groups in total. The Bertz CT molecular complexity index is 784. The molecule has 0 unspecified atom stereocenters. The molecule has 2 amide bonds. The van der Waals surface area contributed by atoms with Crippen molar-refractivity contribution < 1.29 is 18.8 Å². The predicted octanol–water partition coefficient (Wildman–Crippen LogP) is 2.35. The number of hydrogen-bond donors (Lipinski definition) is 3. The molecule has 9 nitrogen and oxygen atoms in total. The van der Waals surface area contributed by atoms with Crippen molar-refractivity contribution in [2.75, 3.05) is 11.9 Å². The fraction of sp³-hybridized carbons (Fsp3) is 0.556. The molecular weight excluding hydrogens is 350 g/mol. The van der Waals surface area contributed by atoms with Gasteiger partial charge in [0.1, 0.15) is 11.9 Å². The minimum absolute atomic E-state index is 0.0815. The van der Waals surface area contributed by atoms with Gasteiger partial charge in [-0.2, -0.15) is 5.10 Å². The molecule has 144 valence electrons. The van der Waals surface area contributed by atoms with Crippen LogP contribution >= 0.6 is 0 Å². The molecule has 2 saturated carbocycles. The van der Waals surface area contributed by atoms with Gasteiger partial charge in [-0.15, -0.1) is 0 Å². The quantitative estimate of drug-likeness (QED) is 0.685. The van der Waals surface area contributed by atoms with E-state index in [1.165, 1.54) is 19.0 Å². The second-order valence-corrected chi connectivity index (χ2v) is 7.27. The van der Waals surface area contributed by atoms with Crippen molar-refractivity contribution in [3.8, 4) is 0 Å². The first-order valence-corrected chi connectivity index (χ1v) is 9.35. The molecule has 0 aromatic carbocycles. The van der Waals surface area contributed by atoms with Crippen molar-refractivity contribution in [3.05, 3.63) is 29.8 Å².